The van der Waals surface area contributed by atoms with Gasteiger partial charge >= 0.3 is 6.09 Å². The number of nitrogens with one attached hydrogen (secondary N) is 1. The van der Waals surface area contributed by atoms with Gasteiger partial charge in [-0.05, 0) is 51.8 Å². The van der Waals surface area contributed by atoms with Crippen molar-refractivity contribution < 1.29 is 14.3 Å². The van der Waals surface area contributed by atoms with Crippen molar-refractivity contribution in [2.24, 2.45) is 0 Å². The zero-order chi connectivity index (χ0) is 25.3. The highest BCUT2D eigenvalue weighted by atomic mass is 35.5. The van der Waals surface area contributed by atoms with Crippen LogP contribution in [0.1, 0.15) is 33.6 Å². The number of hydrogen-bond acceptors (Lipinski definition) is 8. The van der Waals surface area contributed by atoms with E-state index < -0.39 is 5.60 Å². The first-order valence-electron chi connectivity index (χ1n) is 12.1. The second kappa shape index (κ2) is 9.85. The highest BCUT2D eigenvalue weighted by molar-refractivity contribution is 6.33. The third-order valence-electron chi connectivity index (χ3n) is 6.20. The van der Waals surface area contributed by atoms with E-state index in [1.807, 2.05) is 49.7 Å². The summed E-state index contributed by atoms with van der Waals surface area (Å²) in [5, 5.41) is 3.86. The Bertz CT molecular complexity index is 1220. The number of anilines is 3. The van der Waals surface area contributed by atoms with Crippen molar-refractivity contribution in [3.8, 4) is 11.4 Å². The van der Waals surface area contributed by atoms with Gasteiger partial charge in [0.1, 0.15) is 18.5 Å². The minimum absolute atomic E-state index is 0.243. The Kier molecular flexibility index (Phi) is 6.61. The molecular formula is C25H30ClN7O3. The fraction of sp³-hybridized carbons (Fsp3) is 0.440. The highest BCUT2D eigenvalue weighted by Gasteiger charge is 2.33. The quantitative estimate of drug-likeness (QED) is 0.540. The zero-order valence-electron chi connectivity index (χ0n) is 20.6. The number of halogens is 1. The summed E-state index contributed by atoms with van der Waals surface area (Å²) in [4.78, 5) is 29.6. The third-order valence-corrected chi connectivity index (χ3v) is 6.51. The molecule has 1 N–H and O–H groups in total. The molecule has 0 saturated carbocycles. The van der Waals surface area contributed by atoms with E-state index in [4.69, 9.17) is 21.1 Å². The van der Waals surface area contributed by atoms with Gasteiger partial charge in [-0.15, -0.1) is 0 Å². The Hall–Kier alpha value is -3.53. The van der Waals surface area contributed by atoms with Crippen molar-refractivity contribution in [3.63, 3.8) is 0 Å². The van der Waals surface area contributed by atoms with Gasteiger partial charge in [-0.1, -0.05) is 11.6 Å². The number of hydrogen-bond donors (Lipinski definition) is 1. The Morgan fingerprint density at radius 1 is 1.19 bits per heavy atom. The number of likely N-dealkylation sites (tertiary alicyclic amines) is 1. The second-order valence-corrected chi connectivity index (χ2v) is 10.3. The second-order valence-electron chi connectivity index (χ2n) is 9.87. The van der Waals surface area contributed by atoms with Crippen LogP contribution >= 0.6 is 11.6 Å². The number of rotatable bonds is 4. The van der Waals surface area contributed by atoms with Crippen LogP contribution in [0.5, 0.6) is 5.75 Å². The molecule has 3 aromatic rings. The summed E-state index contributed by atoms with van der Waals surface area (Å²) in [6, 6.07) is 5.96. The number of fused-ring (bicyclic) bond motifs is 1. The molecule has 5 rings (SSSR count). The average Bonchev–Trinajstić information content (AvgIpc) is 3.39. The van der Waals surface area contributed by atoms with E-state index in [-0.39, 0.29) is 12.1 Å². The average molecular weight is 512 g/mol. The van der Waals surface area contributed by atoms with Gasteiger partial charge in [-0.25, -0.2) is 19.7 Å². The van der Waals surface area contributed by atoms with Crippen LogP contribution in [0.25, 0.3) is 5.69 Å². The molecule has 0 atom stereocenters. The van der Waals surface area contributed by atoms with Gasteiger partial charge in [0.05, 0.1) is 23.6 Å². The summed E-state index contributed by atoms with van der Waals surface area (Å²) in [5.41, 5.74) is 1.13. The molecule has 0 unspecified atom stereocenters. The first-order valence-corrected chi connectivity index (χ1v) is 12.4. The number of imidazole rings is 1. The molecule has 4 heterocycles. The molecule has 1 amide bonds. The monoisotopic (exact) mass is 511 g/mol. The van der Waals surface area contributed by atoms with Crippen LogP contribution in [0.15, 0.2) is 43.2 Å². The van der Waals surface area contributed by atoms with Crippen LogP contribution in [0.3, 0.4) is 0 Å². The molecule has 2 aliphatic rings. The summed E-state index contributed by atoms with van der Waals surface area (Å²) in [7, 11) is 0. The lowest BCUT2D eigenvalue weighted by molar-refractivity contribution is 0.0203. The van der Waals surface area contributed by atoms with Crippen molar-refractivity contribution in [1.82, 2.24) is 24.4 Å². The van der Waals surface area contributed by atoms with Gasteiger partial charge in [0.2, 0.25) is 5.75 Å². The Balaban J connectivity index is 1.30. The molecule has 1 fully saturated rings. The molecule has 2 aliphatic heterocycles. The minimum atomic E-state index is -0.500. The van der Waals surface area contributed by atoms with Gasteiger partial charge in [0.15, 0.2) is 11.6 Å². The SMILES string of the molecule is CC(C)(C)OC(=O)N1CCC(N2CCOc3c(Nc4ccc(-n5ccnc5)cc4Cl)ncnc32)CC1. The van der Waals surface area contributed by atoms with Crippen molar-refractivity contribution >= 4 is 35.0 Å². The summed E-state index contributed by atoms with van der Waals surface area (Å²) in [6.45, 7) is 8.18. The first-order chi connectivity index (χ1) is 17.3. The van der Waals surface area contributed by atoms with Crippen molar-refractivity contribution in [1.29, 1.82) is 0 Å². The molecule has 2 aromatic heterocycles. The van der Waals surface area contributed by atoms with Crippen LogP contribution in [-0.4, -0.2) is 68.4 Å². The fourth-order valence-electron chi connectivity index (χ4n) is 4.49. The Morgan fingerprint density at radius 2 is 2.00 bits per heavy atom. The van der Waals surface area contributed by atoms with Gasteiger partial charge in [-0.2, -0.15) is 0 Å². The standard InChI is InChI=1S/C25H30ClN7O3/c1-25(2,3)36-24(34)31-9-6-17(7-10-31)33-12-13-35-21-22(28-15-29-23(21)33)30-20-5-4-18(14-19(20)26)32-11-8-27-16-32/h4-5,8,11,14-17H,6-7,9-10,12-13H2,1-3H3,(H,28,29,30). The molecule has 10 nitrogen and oxygen atoms in total. The predicted molar refractivity (Wildman–Crippen MR) is 138 cm³/mol. The lowest BCUT2D eigenvalue weighted by Gasteiger charge is -2.41. The molecule has 0 bridgehead atoms. The largest absolute Gasteiger partial charge is 0.485 e. The number of aromatic nitrogens is 4. The van der Waals surface area contributed by atoms with Crippen LogP contribution in [0, 0.1) is 0 Å². The zero-order valence-corrected chi connectivity index (χ0v) is 21.4. The van der Waals surface area contributed by atoms with E-state index in [0.717, 1.165) is 30.9 Å². The Morgan fingerprint density at radius 3 is 2.69 bits per heavy atom. The molecule has 36 heavy (non-hydrogen) atoms. The van der Waals surface area contributed by atoms with Crippen LogP contribution in [0.4, 0.5) is 22.1 Å². The highest BCUT2D eigenvalue weighted by Crippen LogP contribution is 2.39. The van der Waals surface area contributed by atoms with E-state index in [0.29, 0.717) is 42.0 Å². The molecule has 0 spiro atoms. The maximum Gasteiger partial charge on any atom is 0.410 e. The predicted octanol–water partition coefficient (Wildman–Crippen LogP) is 4.66. The molecular weight excluding hydrogens is 482 g/mol. The van der Waals surface area contributed by atoms with E-state index in [1.54, 1.807) is 17.4 Å². The van der Waals surface area contributed by atoms with Gasteiger partial charge in [0.25, 0.3) is 0 Å². The topological polar surface area (TPSA) is 97.6 Å². The maximum absolute atomic E-state index is 12.5. The van der Waals surface area contributed by atoms with E-state index in [1.165, 1.54) is 6.33 Å². The van der Waals surface area contributed by atoms with Gasteiger partial charge in [0, 0.05) is 37.2 Å². The van der Waals surface area contributed by atoms with Crippen LogP contribution < -0.4 is 15.0 Å². The van der Waals surface area contributed by atoms with Crippen LogP contribution in [-0.2, 0) is 4.74 Å². The van der Waals surface area contributed by atoms with Crippen molar-refractivity contribution in [3.05, 3.63) is 48.3 Å². The van der Waals surface area contributed by atoms with Gasteiger partial charge in [-0.3, -0.25) is 0 Å². The normalized spacial score (nSPS) is 16.3. The van der Waals surface area contributed by atoms with Crippen molar-refractivity contribution in [2.45, 2.75) is 45.3 Å². The molecule has 11 heteroatoms. The molecule has 190 valence electrons. The van der Waals surface area contributed by atoms with E-state index in [2.05, 4.69) is 25.2 Å². The molecule has 1 saturated heterocycles. The number of amides is 1. The third kappa shape index (κ3) is 5.18. The summed E-state index contributed by atoms with van der Waals surface area (Å²) >= 11 is 6.58. The van der Waals surface area contributed by atoms with Crippen molar-refractivity contribution in [2.75, 3.05) is 36.5 Å². The lowest BCUT2D eigenvalue weighted by atomic mass is 10.0. The van der Waals surface area contributed by atoms with E-state index >= 15 is 0 Å². The summed E-state index contributed by atoms with van der Waals surface area (Å²) in [5.74, 6) is 1.92. The fourth-order valence-corrected chi connectivity index (χ4v) is 4.71. The number of carbonyl (C=O) groups excluding carboxylic acids is 1. The number of piperidine rings is 1. The molecule has 0 radical (unpaired) electrons. The van der Waals surface area contributed by atoms with Gasteiger partial charge < -0.3 is 29.2 Å². The maximum atomic E-state index is 12.5. The number of benzene rings is 1. The number of ether oxygens (including phenoxy) is 2. The summed E-state index contributed by atoms with van der Waals surface area (Å²) < 4.78 is 13.4. The molecule has 0 aliphatic carbocycles. The van der Waals surface area contributed by atoms with E-state index in [9.17, 15) is 4.79 Å². The smallest absolute Gasteiger partial charge is 0.410 e. The Labute approximate surface area is 215 Å². The molecule has 1 aromatic carbocycles. The number of nitrogens with zero attached hydrogens (tertiary/aromatic N) is 6. The first kappa shape index (κ1) is 24.2. The lowest BCUT2D eigenvalue weighted by Crippen LogP contribution is -2.50. The number of carbonyl (C=O) groups is 1. The van der Waals surface area contributed by atoms with Crippen LogP contribution in [0.2, 0.25) is 5.02 Å². The minimum Gasteiger partial charge on any atom is -0.485 e. The summed E-state index contributed by atoms with van der Waals surface area (Å²) in [6.07, 6.45) is 8.23.